The van der Waals surface area contributed by atoms with Crippen molar-refractivity contribution in [2.45, 2.75) is 13.3 Å². The first-order chi connectivity index (χ1) is 7.57. The van der Waals surface area contributed by atoms with Crippen molar-refractivity contribution in [3.05, 3.63) is 33.9 Å². The first-order valence-corrected chi connectivity index (χ1v) is 4.90. The van der Waals surface area contributed by atoms with Crippen LogP contribution in [0.3, 0.4) is 0 Å². The van der Waals surface area contributed by atoms with E-state index in [1.54, 1.807) is 37.1 Å². The van der Waals surface area contributed by atoms with Crippen LogP contribution >= 0.6 is 0 Å². The second-order valence-electron chi connectivity index (χ2n) is 3.53. The van der Waals surface area contributed by atoms with E-state index in [1.165, 1.54) is 0 Å². The van der Waals surface area contributed by atoms with Gasteiger partial charge in [0.2, 0.25) is 0 Å². The summed E-state index contributed by atoms with van der Waals surface area (Å²) in [5.74, 6) is 0. The lowest BCUT2D eigenvalue weighted by Gasteiger charge is -2.18. The predicted molar refractivity (Wildman–Crippen MR) is 61.3 cm³/mol. The van der Waals surface area contributed by atoms with Crippen LogP contribution in [0.1, 0.15) is 12.0 Å². The number of nitrogens with zero attached hydrogens (tertiary/aromatic N) is 3. The number of rotatable bonds is 4. The molecule has 5 heteroatoms. The van der Waals surface area contributed by atoms with Crippen molar-refractivity contribution in [1.82, 2.24) is 0 Å². The summed E-state index contributed by atoms with van der Waals surface area (Å²) in [4.78, 5) is 12.3. The van der Waals surface area contributed by atoms with Gasteiger partial charge in [-0.2, -0.15) is 5.26 Å². The van der Waals surface area contributed by atoms with Crippen molar-refractivity contribution >= 4 is 11.4 Å². The third kappa shape index (κ3) is 2.48. The van der Waals surface area contributed by atoms with Crippen molar-refractivity contribution in [2.75, 3.05) is 18.5 Å². The lowest BCUT2D eigenvalue weighted by molar-refractivity contribution is -0.384. The zero-order valence-electron chi connectivity index (χ0n) is 9.30. The number of anilines is 1. The van der Waals surface area contributed by atoms with Gasteiger partial charge in [0.15, 0.2) is 0 Å². The first kappa shape index (κ1) is 12.0. The molecule has 1 aromatic rings. The van der Waals surface area contributed by atoms with Crippen LogP contribution in [0.15, 0.2) is 18.2 Å². The van der Waals surface area contributed by atoms with Crippen LogP contribution < -0.4 is 4.90 Å². The number of para-hydroxylation sites is 1. The van der Waals surface area contributed by atoms with Gasteiger partial charge in [0.1, 0.15) is 5.69 Å². The van der Waals surface area contributed by atoms with Crippen LogP contribution in [0.2, 0.25) is 0 Å². The van der Waals surface area contributed by atoms with E-state index in [1.807, 2.05) is 6.07 Å². The molecule has 1 aromatic carbocycles. The number of benzene rings is 1. The molecule has 16 heavy (non-hydrogen) atoms. The summed E-state index contributed by atoms with van der Waals surface area (Å²) in [6.45, 7) is 2.19. The topological polar surface area (TPSA) is 70.2 Å². The molecule has 0 saturated carbocycles. The van der Waals surface area contributed by atoms with Gasteiger partial charge in [0.05, 0.1) is 17.4 Å². The van der Waals surface area contributed by atoms with Gasteiger partial charge in [-0.25, -0.2) is 0 Å². The molecule has 0 amide bonds. The summed E-state index contributed by atoms with van der Waals surface area (Å²) < 4.78 is 0. The van der Waals surface area contributed by atoms with Gasteiger partial charge in [-0.05, 0) is 13.0 Å². The normalized spacial score (nSPS) is 9.56. The molecule has 0 N–H and O–H groups in total. The summed E-state index contributed by atoms with van der Waals surface area (Å²) in [5.41, 5.74) is 1.30. The SMILES string of the molecule is Cc1cccc(N(C)CCC#N)c1[N+](=O)[O-]. The Labute approximate surface area is 94.1 Å². The molecule has 0 unspecified atom stereocenters. The van der Waals surface area contributed by atoms with Crippen molar-refractivity contribution in [3.8, 4) is 6.07 Å². The molecule has 0 saturated heterocycles. The summed E-state index contributed by atoms with van der Waals surface area (Å²) >= 11 is 0. The highest BCUT2D eigenvalue weighted by Crippen LogP contribution is 2.30. The lowest BCUT2D eigenvalue weighted by atomic mass is 10.1. The Bertz CT molecular complexity index is 437. The molecule has 84 valence electrons. The van der Waals surface area contributed by atoms with Gasteiger partial charge >= 0.3 is 0 Å². The Balaban J connectivity index is 3.08. The Kier molecular flexibility index (Phi) is 3.84. The average Bonchev–Trinajstić information content (AvgIpc) is 2.24. The predicted octanol–water partition coefficient (Wildman–Crippen LogP) is 2.25. The summed E-state index contributed by atoms with van der Waals surface area (Å²) in [7, 11) is 1.75. The van der Waals surface area contributed by atoms with Gasteiger partial charge in [-0.1, -0.05) is 12.1 Å². The van der Waals surface area contributed by atoms with Crippen molar-refractivity contribution < 1.29 is 4.92 Å². The van der Waals surface area contributed by atoms with Crippen molar-refractivity contribution in [2.24, 2.45) is 0 Å². The number of nitro benzene ring substituents is 1. The van der Waals surface area contributed by atoms with E-state index in [4.69, 9.17) is 5.26 Å². The maximum Gasteiger partial charge on any atom is 0.295 e. The molecule has 0 bridgehead atoms. The van der Waals surface area contributed by atoms with Gasteiger partial charge in [0, 0.05) is 19.2 Å². The van der Waals surface area contributed by atoms with E-state index in [9.17, 15) is 10.1 Å². The molecule has 0 heterocycles. The number of nitro groups is 1. The maximum absolute atomic E-state index is 10.9. The van der Waals surface area contributed by atoms with E-state index in [-0.39, 0.29) is 10.6 Å². The second kappa shape index (κ2) is 5.12. The molecule has 0 aliphatic rings. The molecule has 1 rings (SSSR count). The minimum atomic E-state index is -0.381. The maximum atomic E-state index is 10.9. The largest absolute Gasteiger partial charge is 0.368 e. The summed E-state index contributed by atoms with van der Waals surface area (Å²) in [5, 5.41) is 19.4. The zero-order chi connectivity index (χ0) is 12.1. The van der Waals surface area contributed by atoms with E-state index < -0.39 is 0 Å². The Hall–Kier alpha value is -2.09. The van der Waals surface area contributed by atoms with Crippen LogP contribution in [0.4, 0.5) is 11.4 Å². The van der Waals surface area contributed by atoms with Gasteiger partial charge in [0.25, 0.3) is 5.69 Å². The van der Waals surface area contributed by atoms with Crippen LogP contribution in [0, 0.1) is 28.4 Å². The molecule has 0 atom stereocenters. The number of nitriles is 1. The van der Waals surface area contributed by atoms with E-state index in [2.05, 4.69) is 0 Å². The van der Waals surface area contributed by atoms with Crippen molar-refractivity contribution in [1.29, 1.82) is 5.26 Å². The fraction of sp³-hybridized carbons (Fsp3) is 0.364. The van der Waals surface area contributed by atoms with E-state index in [0.717, 1.165) is 0 Å². The fourth-order valence-corrected chi connectivity index (χ4v) is 1.53. The summed E-state index contributed by atoms with van der Waals surface area (Å²) in [6, 6.07) is 7.20. The average molecular weight is 219 g/mol. The molecule has 0 aromatic heterocycles. The molecule has 0 fully saturated rings. The first-order valence-electron chi connectivity index (χ1n) is 4.90. The Morgan fingerprint density at radius 3 is 2.81 bits per heavy atom. The number of hydrogen-bond donors (Lipinski definition) is 0. The molecule has 0 aliphatic heterocycles. The van der Waals surface area contributed by atoms with Gasteiger partial charge in [-0.3, -0.25) is 10.1 Å². The molecule has 0 spiro atoms. The van der Waals surface area contributed by atoms with Crippen LogP contribution in [0.25, 0.3) is 0 Å². The number of hydrogen-bond acceptors (Lipinski definition) is 4. The van der Waals surface area contributed by atoms with Crippen LogP contribution in [0.5, 0.6) is 0 Å². The fourth-order valence-electron chi connectivity index (χ4n) is 1.53. The smallest absolute Gasteiger partial charge is 0.295 e. The highest BCUT2D eigenvalue weighted by molar-refractivity contribution is 5.66. The Morgan fingerprint density at radius 1 is 1.56 bits per heavy atom. The van der Waals surface area contributed by atoms with Crippen molar-refractivity contribution in [3.63, 3.8) is 0 Å². The molecular formula is C11H13N3O2. The second-order valence-corrected chi connectivity index (χ2v) is 3.53. The van der Waals surface area contributed by atoms with Gasteiger partial charge < -0.3 is 4.90 Å². The highest BCUT2D eigenvalue weighted by atomic mass is 16.6. The number of aryl methyl sites for hydroxylation is 1. The summed E-state index contributed by atoms with van der Waals surface area (Å²) in [6.07, 6.45) is 0.349. The minimum absolute atomic E-state index is 0.114. The Morgan fingerprint density at radius 2 is 2.25 bits per heavy atom. The highest BCUT2D eigenvalue weighted by Gasteiger charge is 2.19. The third-order valence-electron chi connectivity index (χ3n) is 2.37. The minimum Gasteiger partial charge on any atom is -0.368 e. The molecule has 0 radical (unpaired) electrons. The molecule has 5 nitrogen and oxygen atoms in total. The zero-order valence-corrected chi connectivity index (χ0v) is 9.30. The van der Waals surface area contributed by atoms with Crippen LogP contribution in [-0.4, -0.2) is 18.5 Å². The molecular weight excluding hydrogens is 206 g/mol. The quantitative estimate of drug-likeness (QED) is 0.575. The third-order valence-corrected chi connectivity index (χ3v) is 2.37. The molecule has 0 aliphatic carbocycles. The monoisotopic (exact) mass is 219 g/mol. The lowest BCUT2D eigenvalue weighted by Crippen LogP contribution is -2.19. The van der Waals surface area contributed by atoms with E-state index in [0.29, 0.717) is 24.2 Å². The van der Waals surface area contributed by atoms with Crippen LogP contribution in [-0.2, 0) is 0 Å². The standard InChI is InChI=1S/C11H13N3O2/c1-9-5-3-6-10(11(9)14(15)16)13(2)8-4-7-12/h3,5-6H,4,8H2,1-2H3. The van der Waals surface area contributed by atoms with E-state index >= 15 is 0 Å². The van der Waals surface area contributed by atoms with Gasteiger partial charge in [-0.15, -0.1) is 0 Å².